The Hall–Kier alpha value is -4.60. The number of furan rings is 1. The predicted octanol–water partition coefficient (Wildman–Crippen LogP) is 4.47. The Labute approximate surface area is 206 Å². The van der Waals surface area contributed by atoms with Crippen LogP contribution in [0.4, 0.5) is 16.3 Å². The van der Waals surface area contributed by atoms with E-state index in [1.165, 1.54) is 0 Å². The number of nitrogens with one attached hydrogen (secondary N) is 3. The summed E-state index contributed by atoms with van der Waals surface area (Å²) in [5.41, 5.74) is 2.19. The fourth-order valence-electron chi connectivity index (χ4n) is 4.65. The van der Waals surface area contributed by atoms with E-state index in [2.05, 4.69) is 35.5 Å². The lowest BCUT2D eigenvalue weighted by molar-refractivity contribution is 0.251. The van der Waals surface area contributed by atoms with Crippen molar-refractivity contribution in [2.24, 2.45) is 0 Å². The van der Waals surface area contributed by atoms with Crippen LogP contribution in [0.15, 0.2) is 71.9 Å². The summed E-state index contributed by atoms with van der Waals surface area (Å²) in [4.78, 5) is 30.8. The Bertz CT molecular complexity index is 1500. The highest BCUT2D eigenvalue weighted by Crippen LogP contribution is 2.31. The van der Waals surface area contributed by atoms with E-state index in [4.69, 9.17) is 9.15 Å². The molecule has 3 aromatic heterocycles. The van der Waals surface area contributed by atoms with Crippen molar-refractivity contribution in [1.29, 1.82) is 0 Å². The molecule has 1 atom stereocenters. The number of fused-ring (bicyclic) bond motifs is 2. The minimum atomic E-state index is -0.305. The standard InChI is InChI=1S/C26H25N7O3/c34-26(27-13-20-6-3-11-35-20)32-18-9-8-17-4-1-7-22(21(17)12-18)36-14-19-5-2-10-33(19)25-23-24(29-15-28-23)30-16-31-25/h1,3-4,6-9,11-12,15-16,19H,2,5,10,13-14H2,(H2,27,32,34)(H,28,29,30,31)/t19-/m1/s1. The van der Waals surface area contributed by atoms with Crippen LogP contribution < -0.4 is 20.3 Å². The van der Waals surface area contributed by atoms with Gasteiger partial charge in [-0.2, -0.15) is 0 Å². The van der Waals surface area contributed by atoms with E-state index in [1.807, 2.05) is 42.5 Å². The van der Waals surface area contributed by atoms with Gasteiger partial charge < -0.3 is 29.7 Å². The second-order valence-corrected chi connectivity index (χ2v) is 8.68. The van der Waals surface area contributed by atoms with Crippen LogP contribution in [0.2, 0.25) is 0 Å². The molecule has 5 aromatic rings. The molecule has 2 aromatic carbocycles. The number of imidazole rings is 1. The van der Waals surface area contributed by atoms with Gasteiger partial charge >= 0.3 is 6.03 Å². The average Bonchev–Trinajstić information content (AvgIpc) is 3.68. The zero-order valence-electron chi connectivity index (χ0n) is 19.5. The Morgan fingerprint density at radius 3 is 3.06 bits per heavy atom. The molecule has 0 bridgehead atoms. The van der Waals surface area contributed by atoms with Gasteiger partial charge in [0.15, 0.2) is 11.5 Å². The Kier molecular flexibility index (Phi) is 5.82. The van der Waals surface area contributed by atoms with Gasteiger partial charge in [-0.1, -0.05) is 18.2 Å². The maximum atomic E-state index is 12.4. The summed E-state index contributed by atoms with van der Waals surface area (Å²) in [7, 11) is 0. The highest BCUT2D eigenvalue weighted by molar-refractivity contribution is 5.95. The van der Waals surface area contributed by atoms with Crippen molar-refractivity contribution in [3.8, 4) is 5.75 Å². The number of amides is 2. The van der Waals surface area contributed by atoms with Gasteiger partial charge in [-0.3, -0.25) is 0 Å². The van der Waals surface area contributed by atoms with Gasteiger partial charge in [0.1, 0.15) is 30.0 Å². The Morgan fingerprint density at radius 2 is 2.14 bits per heavy atom. The number of nitrogens with zero attached hydrogens (tertiary/aromatic N) is 4. The molecule has 0 unspecified atom stereocenters. The molecule has 1 aliphatic heterocycles. The molecule has 0 aliphatic carbocycles. The fraction of sp³-hybridized carbons (Fsp3) is 0.231. The fourth-order valence-corrected chi connectivity index (χ4v) is 4.65. The van der Waals surface area contributed by atoms with E-state index in [-0.39, 0.29) is 12.1 Å². The predicted molar refractivity (Wildman–Crippen MR) is 136 cm³/mol. The quantitative estimate of drug-likeness (QED) is 0.312. The molecular formula is C26H25N7O3. The van der Waals surface area contributed by atoms with Gasteiger partial charge in [0, 0.05) is 17.6 Å². The largest absolute Gasteiger partial charge is 0.491 e. The molecular weight excluding hydrogens is 458 g/mol. The average molecular weight is 484 g/mol. The zero-order valence-corrected chi connectivity index (χ0v) is 19.5. The molecule has 6 rings (SSSR count). The zero-order chi connectivity index (χ0) is 24.3. The third-order valence-electron chi connectivity index (χ3n) is 6.39. The number of carbonyl (C=O) groups is 1. The van der Waals surface area contributed by atoms with Gasteiger partial charge in [-0.25, -0.2) is 19.7 Å². The first-order valence-electron chi connectivity index (χ1n) is 11.9. The van der Waals surface area contributed by atoms with Crippen LogP contribution in [0.5, 0.6) is 5.75 Å². The van der Waals surface area contributed by atoms with Crippen molar-refractivity contribution in [1.82, 2.24) is 25.3 Å². The van der Waals surface area contributed by atoms with Gasteiger partial charge in [-0.05, 0) is 48.6 Å². The summed E-state index contributed by atoms with van der Waals surface area (Å²) in [6, 6.07) is 15.2. The number of aromatic amines is 1. The number of benzene rings is 2. The third-order valence-corrected chi connectivity index (χ3v) is 6.39. The number of ether oxygens (including phenoxy) is 1. The highest BCUT2D eigenvalue weighted by Gasteiger charge is 2.28. The summed E-state index contributed by atoms with van der Waals surface area (Å²) in [6.45, 7) is 1.73. The first-order chi connectivity index (χ1) is 17.7. The lowest BCUT2D eigenvalue weighted by atomic mass is 10.1. The van der Waals surface area contributed by atoms with Crippen LogP contribution >= 0.6 is 0 Å². The van der Waals surface area contributed by atoms with Crippen LogP contribution in [0.25, 0.3) is 21.9 Å². The number of hydrogen-bond donors (Lipinski definition) is 3. The number of aromatic nitrogens is 4. The molecule has 3 N–H and O–H groups in total. The van der Waals surface area contributed by atoms with Crippen molar-refractivity contribution in [2.45, 2.75) is 25.4 Å². The summed E-state index contributed by atoms with van der Waals surface area (Å²) in [5.74, 6) is 2.32. The van der Waals surface area contributed by atoms with Crippen LogP contribution in [-0.4, -0.2) is 45.2 Å². The Balaban J connectivity index is 1.16. The van der Waals surface area contributed by atoms with Crippen molar-refractivity contribution < 1.29 is 13.9 Å². The van der Waals surface area contributed by atoms with Gasteiger partial charge in [0.25, 0.3) is 0 Å². The van der Waals surface area contributed by atoms with Crippen LogP contribution in [0, 0.1) is 0 Å². The molecule has 10 heteroatoms. The van der Waals surface area contributed by atoms with E-state index in [1.54, 1.807) is 25.0 Å². The van der Waals surface area contributed by atoms with E-state index in [0.29, 0.717) is 30.2 Å². The first-order valence-corrected chi connectivity index (χ1v) is 11.9. The smallest absolute Gasteiger partial charge is 0.319 e. The molecule has 2 amide bonds. The Morgan fingerprint density at radius 1 is 1.17 bits per heavy atom. The molecule has 0 radical (unpaired) electrons. The molecule has 1 saturated heterocycles. The van der Waals surface area contributed by atoms with E-state index >= 15 is 0 Å². The maximum absolute atomic E-state index is 12.4. The van der Waals surface area contributed by atoms with Crippen LogP contribution in [0.1, 0.15) is 18.6 Å². The maximum Gasteiger partial charge on any atom is 0.319 e. The minimum absolute atomic E-state index is 0.176. The highest BCUT2D eigenvalue weighted by atomic mass is 16.5. The van der Waals surface area contributed by atoms with Crippen molar-refractivity contribution in [3.05, 3.63) is 73.2 Å². The van der Waals surface area contributed by atoms with E-state index in [9.17, 15) is 4.79 Å². The topological polar surface area (TPSA) is 121 Å². The second kappa shape index (κ2) is 9.57. The van der Waals surface area contributed by atoms with Crippen LogP contribution in [0.3, 0.4) is 0 Å². The normalized spacial score (nSPS) is 15.4. The molecule has 1 aliphatic rings. The lowest BCUT2D eigenvalue weighted by Crippen LogP contribution is -2.35. The van der Waals surface area contributed by atoms with Gasteiger partial charge in [0.2, 0.25) is 0 Å². The third kappa shape index (κ3) is 4.40. The molecule has 1 fully saturated rings. The number of rotatable bonds is 7. The van der Waals surface area contributed by atoms with E-state index in [0.717, 1.165) is 47.2 Å². The minimum Gasteiger partial charge on any atom is -0.491 e. The number of urea groups is 1. The van der Waals surface area contributed by atoms with E-state index < -0.39 is 0 Å². The first kappa shape index (κ1) is 21.9. The van der Waals surface area contributed by atoms with Crippen molar-refractivity contribution in [3.63, 3.8) is 0 Å². The summed E-state index contributed by atoms with van der Waals surface area (Å²) in [6.07, 6.45) is 6.84. The number of carbonyl (C=O) groups excluding carboxylic acids is 1. The SMILES string of the molecule is O=C(NCc1ccco1)Nc1ccc2cccc(OC[C@H]3CCCN3c3ncnc4nc[nH]c34)c2c1. The molecule has 36 heavy (non-hydrogen) atoms. The molecule has 0 saturated carbocycles. The van der Waals surface area contributed by atoms with Crippen molar-refractivity contribution >= 4 is 39.5 Å². The number of H-pyrrole nitrogens is 1. The molecule has 182 valence electrons. The molecule has 0 spiro atoms. The van der Waals surface area contributed by atoms with Crippen LogP contribution in [-0.2, 0) is 6.54 Å². The number of hydrogen-bond acceptors (Lipinski definition) is 7. The number of anilines is 2. The van der Waals surface area contributed by atoms with Gasteiger partial charge in [-0.15, -0.1) is 0 Å². The summed E-state index contributed by atoms with van der Waals surface area (Å²) >= 11 is 0. The monoisotopic (exact) mass is 483 g/mol. The molecule has 4 heterocycles. The summed E-state index contributed by atoms with van der Waals surface area (Å²) in [5, 5.41) is 7.65. The van der Waals surface area contributed by atoms with Crippen molar-refractivity contribution in [2.75, 3.05) is 23.4 Å². The second-order valence-electron chi connectivity index (χ2n) is 8.68. The lowest BCUT2D eigenvalue weighted by Gasteiger charge is -2.26. The van der Waals surface area contributed by atoms with Gasteiger partial charge in [0.05, 0.1) is 25.2 Å². The molecule has 10 nitrogen and oxygen atoms in total. The summed E-state index contributed by atoms with van der Waals surface area (Å²) < 4.78 is 11.6.